The van der Waals surface area contributed by atoms with Gasteiger partial charge in [0, 0.05) is 13.2 Å². The van der Waals surface area contributed by atoms with Gasteiger partial charge in [-0.25, -0.2) is 0 Å². The van der Waals surface area contributed by atoms with Crippen LogP contribution in [0.3, 0.4) is 0 Å². The van der Waals surface area contributed by atoms with E-state index in [9.17, 15) is 4.79 Å². The second kappa shape index (κ2) is 64.2. The van der Waals surface area contributed by atoms with Crippen LogP contribution < -0.4 is 15.2 Å². The quantitative estimate of drug-likeness (QED) is 0.0377. The lowest BCUT2D eigenvalue weighted by Gasteiger charge is -2.17. The predicted molar refractivity (Wildman–Crippen MR) is 284 cm³/mol. The second-order valence-electron chi connectivity index (χ2n) is 19.0. The first kappa shape index (κ1) is 69.7. The zero-order chi connectivity index (χ0) is 49.0. The van der Waals surface area contributed by atoms with Crippen LogP contribution in [0.25, 0.3) is 0 Å². The number of aliphatic hydroxyl groups excluding tert-OH is 3. The Balaban J connectivity index is -0.000000358. The normalized spacial score (nSPS) is 10.6. The van der Waals surface area contributed by atoms with Gasteiger partial charge in [0.2, 0.25) is 0 Å². The zero-order valence-corrected chi connectivity index (χ0v) is 44.6. The number of nitrogens with two attached hydrogens (primary N) is 1. The summed E-state index contributed by atoms with van der Waals surface area (Å²) in [5, 5.41) is 25.7. The van der Waals surface area contributed by atoms with Crippen LogP contribution in [0.1, 0.15) is 273 Å². The van der Waals surface area contributed by atoms with Gasteiger partial charge >= 0.3 is 0 Å². The summed E-state index contributed by atoms with van der Waals surface area (Å²) in [6.45, 7) is 19.6. The van der Waals surface area contributed by atoms with Gasteiger partial charge in [-0.2, -0.15) is 0 Å². The van der Waals surface area contributed by atoms with Gasteiger partial charge in [-0.05, 0) is 74.8 Å². The average Bonchev–Trinajstić information content (AvgIpc) is 3.30. The molecule has 390 valence electrons. The predicted octanol–water partition coefficient (Wildman–Crippen LogP) is 16.3. The van der Waals surface area contributed by atoms with E-state index in [1.807, 2.05) is 24.3 Å². The second-order valence-corrected chi connectivity index (χ2v) is 19.0. The number of ether oxygens (including phenoxy) is 3. The molecule has 0 aliphatic carbocycles. The van der Waals surface area contributed by atoms with Crippen molar-refractivity contribution in [1.82, 2.24) is 0 Å². The standard InChI is InChI=1S/C13H28O.C11H25N.C11H16O3.C11H22O2.C11H24O/c1-13(2,3)11-9-7-5-4-6-8-10-12-14;1-2-3-4-5-6-7-8-9-10-11-12;1-2-8-13-10-3-5-11(6-4-10)14-9-7-12;1-2-3-4-5-6-7-8-9-10-13-11-12;1-2-3-4-5-6-7-8-9-10-11-12/h14H,4-12H2,1-3H3;2-12H2,1H3;3-6,12H,2,7-9H2,1H3;11H,2-10H2,1H3;12H,2-11H2,1H3. The molecule has 0 aliphatic rings. The van der Waals surface area contributed by atoms with Gasteiger partial charge in [-0.1, -0.05) is 235 Å². The maximum absolute atomic E-state index is 9.79. The first-order chi connectivity index (χ1) is 31.7. The Hall–Kier alpha value is -1.87. The van der Waals surface area contributed by atoms with Gasteiger partial charge in [-0.15, -0.1) is 0 Å². The van der Waals surface area contributed by atoms with Crippen LogP contribution in [0.5, 0.6) is 11.5 Å². The van der Waals surface area contributed by atoms with Gasteiger partial charge in [0.1, 0.15) is 18.1 Å². The van der Waals surface area contributed by atoms with Crippen molar-refractivity contribution in [1.29, 1.82) is 0 Å². The highest BCUT2D eigenvalue weighted by molar-refractivity contribution is 5.36. The summed E-state index contributed by atoms with van der Waals surface area (Å²) in [4.78, 5) is 9.79. The molecule has 0 unspecified atom stereocenters. The van der Waals surface area contributed by atoms with E-state index >= 15 is 0 Å². The zero-order valence-electron chi connectivity index (χ0n) is 44.6. The molecule has 65 heavy (non-hydrogen) atoms. The van der Waals surface area contributed by atoms with Crippen LogP contribution in [0.2, 0.25) is 0 Å². The van der Waals surface area contributed by atoms with Crippen molar-refractivity contribution in [2.45, 2.75) is 273 Å². The number of carbonyl (C=O) groups excluding carboxylic acids is 1. The molecule has 5 N–H and O–H groups in total. The van der Waals surface area contributed by atoms with E-state index in [1.54, 1.807) is 0 Å². The highest BCUT2D eigenvalue weighted by atomic mass is 16.5. The van der Waals surface area contributed by atoms with E-state index in [0.29, 0.717) is 38.3 Å². The van der Waals surface area contributed by atoms with Crippen molar-refractivity contribution < 1.29 is 34.3 Å². The van der Waals surface area contributed by atoms with Crippen LogP contribution in [0, 0.1) is 5.41 Å². The Morgan fingerprint density at radius 3 is 1.05 bits per heavy atom. The van der Waals surface area contributed by atoms with Crippen molar-refractivity contribution in [2.24, 2.45) is 11.1 Å². The summed E-state index contributed by atoms with van der Waals surface area (Å²) in [6.07, 6.45) is 45.9. The SMILES string of the molecule is CC(C)(C)CCCCCCCCCO.CCCCCCCCCCCN.CCCCCCCCCCCO.CCCCCCCCCCOC=O.CCCOc1ccc(OCCO)cc1. The summed E-state index contributed by atoms with van der Waals surface area (Å²) in [6, 6.07) is 7.39. The Kier molecular flexibility index (Phi) is 68.9. The summed E-state index contributed by atoms with van der Waals surface area (Å²) in [5.41, 5.74) is 5.92. The van der Waals surface area contributed by atoms with Crippen LogP contribution in [0.4, 0.5) is 0 Å². The van der Waals surface area contributed by atoms with Gasteiger partial charge in [-0.3, -0.25) is 4.79 Å². The molecule has 0 radical (unpaired) electrons. The van der Waals surface area contributed by atoms with E-state index in [1.165, 1.54) is 199 Å². The van der Waals surface area contributed by atoms with E-state index in [2.05, 4.69) is 53.2 Å². The minimum atomic E-state index is 0.0358. The molecule has 1 aromatic rings. The molecule has 0 heterocycles. The molecule has 8 nitrogen and oxygen atoms in total. The number of aliphatic hydroxyl groups is 3. The van der Waals surface area contributed by atoms with E-state index in [4.69, 9.17) is 30.5 Å². The highest BCUT2D eigenvalue weighted by Crippen LogP contribution is 2.23. The molecule has 0 atom stereocenters. The van der Waals surface area contributed by atoms with Crippen molar-refractivity contribution in [3.63, 3.8) is 0 Å². The molecule has 1 rings (SSSR count). The van der Waals surface area contributed by atoms with E-state index < -0.39 is 0 Å². The molecule has 0 saturated heterocycles. The first-order valence-electron chi connectivity index (χ1n) is 27.6. The Morgan fingerprint density at radius 2 is 0.738 bits per heavy atom. The summed E-state index contributed by atoms with van der Waals surface area (Å²) >= 11 is 0. The van der Waals surface area contributed by atoms with Gasteiger partial charge in [0.15, 0.2) is 0 Å². The molecule has 0 amide bonds. The third-order valence-corrected chi connectivity index (χ3v) is 11.0. The largest absolute Gasteiger partial charge is 0.494 e. The number of carbonyl (C=O) groups is 1. The average molecular weight is 927 g/mol. The van der Waals surface area contributed by atoms with Crippen LogP contribution >= 0.6 is 0 Å². The number of rotatable bonds is 42. The van der Waals surface area contributed by atoms with Crippen molar-refractivity contribution in [2.75, 3.05) is 46.2 Å². The Morgan fingerprint density at radius 1 is 0.415 bits per heavy atom. The highest BCUT2D eigenvalue weighted by Gasteiger charge is 2.08. The molecule has 0 saturated carbocycles. The monoisotopic (exact) mass is 926 g/mol. The summed E-state index contributed by atoms with van der Waals surface area (Å²) < 4.78 is 15.2. The topological polar surface area (TPSA) is 131 Å². The lowest BCUT2D eigenvalue weighted by Crippen LogP contribution is -2.03. The number of hydrogen-bond donors (Lipinski definition) is 4. The first-order valence-corrected chi connectivity index (χ1v) is 27.6. The maximum Gasteiger partial charge on any atom is 0.293 e. The molecular formula is C57H115NO7. The maximum atomic E-state index is 9.79. The Labute approximate surface area is 405 Å². The third-order valence-electron chi connectivity index (χ3n) is 11.0. The van der Waals surface area contributed by atoms with Crippen molar-refractivity contribution >= 4 is 6.47 Å². The van der Waals surface area contributed by atoms with Crippen LogP contribution in [-0.4, -0.2) is 68.0 Å². The van der Waals surface area contributed by atoms with E-state index in [-0.39, 0.29) is 6.61 Å². The lowest BCUT2D eigenvalue weighted by molar-refractivity contribution is -0.128. The minimum Gasteiger partial charge on any atom is -0.494 e. The van der Waals surface area contributed by atoms with Gasteiger partial charge in [0.25, 0.3) is 6.47 Å². The minimum absolute atomic E-state index is 0.0358. The number of benzene rings is 1. The fourth-order valence-electron chi connectivity index (χ4n) is 6.91. The van der Waals surface area contributed by atoms with E-state index in [0.717, 1.165) is 50.3 Å². The molecule has 0 aromatic heterocycles. The Bertz CT molecular complexity index is 873. The van der Waals surface area contributed by atoms with Crippen molar-refractivity contribution in [3.8, 4) is 11.5 Å². The molecule has 0 bridgehead atoms. The van der Waals surface area contributed by atoms with Gasteiger partial charge in [0.05, 0.1) is 19.8 Å². The summed E-state index contributed by atoms with van der Waals surface area (Å²) in [5.74, 6) is 1.60. The molecule has 0 spiro atoms. The molecule has 8 heteroatoms. The molecule has 1 aromatic carbocycles. The smallest absolute Gasteiger partial charge is 0.293 e. The molecular weight excluding hydrogens is 811 g/mol. The van der Waals surface area contributed by atoms with Gasteiger partial charge < -0.3 is 35.3 Å². The number of hydrogen-bond acceptors (Lipinski definition) is 8. The van der Waals surface area contributed by atoms with Crippen molar-refractivity contribution in [3.05, 3.63) is 24.3 Å². The number of unbranched alkanes of at least 4 members (excludes halogenated alkanes) is 29. The third kappa shape index (κ3) is 73.9. The molecule has 0 fully saturated rings. The van der Waals surface area contributed by atoms with Crippen LogP contribution in [0.15, 0.2) is 24.3 Å². The summed E-state index contributed by atoms with van der Waals surface area (Å²) in [7, 11) is 0. The fraction of sp³-hybridized carbons (Fsp3) is 0.877. The molecule has 0 aliphatic heterocycles. The van der Waals surface area contributed by atoms with Crippen LogP contribution in [-0.2, 0) is 9.53 Å². The fourth-order valence-corrected chi connectivity index (χ4v) is 6.91. The lowest BCUT2D eigenvalue weighted by atomic mass is 9.89.